The fourth-order valence-corrected chi connectivity index (χ4v) is 2.15. The molecule has 1 heterocycles. The normalized spacial score (nSPS) is 9.95. The number of hydrogen-bond acceptors (Lipinski definition) is 3. The number of benzene rings is 1. The molecule has 4 heteroatoms. The first kappa shape index (κ1) is 13.4. The molecular formula is C15H13NO2S. The summed E-state index contributed by atoms with van der Waals surface area (Å²) < 4.78 is 0. The van der Waals surface area contributed by atoms with Crippen LogP contribution in [0.15, 0.2) is 35.3 Å². The van der Waals surface area contributed by atoms with Crippen LogP contribution in [0.25, 0.3) is 10.9 Å². The van der Waals surface area contributed by atoms with E-state index in [1.807, 2.05) is 12.1 Å². The van der Waals surface area contributed by atoms with E-state index in [9.17, 15) is 9.59 Å². The maximum atomic E-state index is 11.7. The molecule has 0 saturated heterocycles. The highest BCUT2D eigenvalue weighted by atomic mass is 32.2. The van der Waals surface area contributed by atoms with Gasteiger partial charge in [0.1, 0.15) is 0 Å². The van der Waals surface area contributed by atoms with Gasteiger partial charge in [0, 0.05) is 47.8 Å². The van der Waals surface area contributed by atoms with Gasteiger partial charge in [0.2, 0.25) is 0 Å². The summed E-state index contributed by atoms with van der Waals surface area (Å²) >= 11 is 1.28. The fraction of sp³-hybridized carbons (Fsp3) is 0.200. The van der Waals surface area contributed by atoms with Crippen LogP contribution in [0.1, 0.15) is 18.9 Å². The SMILES string of the molecule is CC(=O)SCCC#Cc1ccc2[nH]ccc(=O)c2c1. The summed E-state index contributed by atoms with van der Waals surface area (Å²) in [5.74, 6) is 6.72. The molecular weight excluding hydrogens is 258 g/mol. The Morgan fingerprint density at radius 1 is 1.37 bits per heavy atom. The van der Waals surface area contributed by atoms with E-state index in [0.717, 1.165) is 11.1 Å². The number of thioether (sulfide) groups is 1. The quantitative estimate of drug-likeness (QED) is 0.674. The van der Waals surface area contributed by atoms with E-state index in [-0.39, 0.29) is 10.5 Å². The molecule has 0 radical (unpaired) electrons. The molecule has 0 unspecified atom stereocenters. The van der Waals surface area contributed by atoms with E-state index >= 15 is 0 Å². The molecule has 0 bridgehead atoms. The molecule has 3 nitrogen and oxygen atoms in total. The van der Waals surface area contributed by atoms with Crippen LogP contribution in [0.2, 0.25) is 0 Å². The largest absolute Gasteiger partial charge is 0.361 e. The van der Waals surface area contributed by atoms with Gasteiger partial charge in [-0.1, -0.05) is 23.6 Å². The zero-order valence-corrected chi connectivity index (χ0v) is 11.3. The third-order valence-corrected chi connectivity index (χ3v) is 3.34. The van der Waals surface area contributed by atoms with Crippen molar-refractivity contribution >= 4 is 27.8 Å². The summed E-state index contributed by atoms with van der Waals surface area (Å²) in [7, 11) is 0. The zero-order valence-electron chi connectivity index (χ0n) is 10.5. The summed E-state index contributed by atoms with van der Waals surface area (Å²) in [5, 5.41) is 0.756. The van der Waals surface area contributed by atoms with Gasteiger partial charge in [-0.3, -0.25) is 9.59 Å². The number of carbonyl (C=O) groups excluding carboxylic acids is 1. The Hall–Kier alpha value is -1.99. The number of H-pyrrole nitrogens is 1. The van der Waals surface area contributed by atoms with E-state index in [4.69, 9.17) is 0 Å². The van der Waals surface area contributed by atoms with E-state index in [1.54, 1.807) is 19.2 Å². The fourth-order valence-electron chi connectivity index (χ4n) is 1.66. The molecule has 19 heavy (non-hydrogen) atoms. The van der Waals surface area contributed by atoms with Gasteiger partial charge in [0.15, 0.2) is 10.5 Å². The molecule has 1 N–H and O–H groups in total. The maximum absolute atomic E-state index is 11.7. The van der Waals surface area contributed by atoms with Gasteiger partial charge >= 0.3 is 0 Å². The van der Waals surface area contributed by atoms with Crippen molar-refractivity contribution in [3.63, 3.8) is 0 Å². The van der Waals surface area contributed by atoms with Crippen LogP contribution >= 0.6 is 11.8 Å². The van der Waals surface area contributed by atoms with Gasteiger partial charge in [0.25, 0.3) is 0 Å². The third kappa shape index (κ3) is 3.73. The molecule has 2 aromatic rings. The minimum Gasteiger partial charge on any atom is -0.361 e. The summed E-state index contributed by atoms with van der Waals surface area (Å²) in [6.45, 7) is 1.55. The van der Waals surface area contributed by atoms with Gasteiger partial charge in [-0.15, -0.1) is 0 Å². The molecule has 0 aliphatic heterocycles. The van der Waals surface area contributed by atoms with E-state index in [0.29, 0.717) is 17.6 Å². The topological polar surface area (TPSA) is 49.9 Å². The van der Waals surface area contributed by atoms with Crippen LogP contribution in [0.3, 0.4) is 0 Å². The van der Waals surface area contributed by atoms with Gasteiger partial charge in [0.05, 0.1) is 0 Å². The minimum absolute atomic E-state index is 0.00969. The number of carbonyl (C=O) groups is 1. The highest BCUT2D eigenvalue weighted by Gasteiger charge is 1.98. The number of aromatic amines is 1. The van der Waals surface area contributed by atoms with Crippen molar-refractivity contribution in [1.29, 1.82) is 0 Å². The molecule has 0 spiro atoms. The van der Waals surface area contributed by atoms with Crippen molar-refractivity contribution in [3.05, 3.63) is 46.2 Å². The Bertz CT molecular complexity index is 722. The molecule has 0 atom stereocenters. The number of hydrogen-bond donors (Lipinski definition) is 1. The van der Waals surface area contributed by atoms with Gasteiger partial charge in [-0.2, -0.15) is 0 Å². The van der Waals surface area contributed by atoms with Gasteiger partial charge < -0.3 is 4.98 Å². The summed E-state index contributed by atoms with van der Waals surface area (Å²) in [6.07, 6.45) is 2.29. The first-order chi connectivity index (χ1) is 9.16. The van der Waals surface area contributed by atoms with Crippen LogP contribution in [-0.4, -0.2) is 15.9 Å². The Morgan fingerprint density at radius 2 is 2.21 bits per heavy atom. The lowest BCUT2D eigenvalue weighted by molar-refractivity contribution is -0.109. The average Bonchev–Trinajstić information content (AvgIpc) is 2.39. The third-order valence-electron chi connectivity index (χ3n) is 2.52. The van der Waals surface area contributed by atoms with Crippen molar-refractivity contribution in [1.82, 2.24) is 4.98 Å². The first-order valence-corrected chi connectivity index (χ1v) is 6.89. The number of pyridine rings is 1. The van der Waals surface area contributed by atoms with E-state index < -0.39 is 0 Å². The van der Waals surface area contributed by atoms with Crippen molar-refractivity contribution in [2.75, 3.05) is 5.75 Å². The first-order valence-electron chi connectivity index (χ1n) is 5.90. The smallest absolute Gasteiger partial charge is 0.189 e. The number of rotatable bonds is 2. The second-order valence-electron chi connectivity index (χ2n) is 3.99. The Balaban J connectivity index is 2.14. The summed E-state index contributed by atoms with van der Waals surface area (Å²) in [6, 6.07) is 7.02. The van der Waals surface area contributed by atoms with E-state index in [1.165, 1.54) is 17.8 Å². The number of nitrogens with one attached hydrogen (secondary N) is 1. The molecule has 1 aromatic carbocycles. The molecule has 96 valence electrons. The number of aromatic nitrogens is 1. The zero-order chi connectivity index (χ0) is 13.7. The molecule has 0 aliphatic rings. The maximum Gasteiger partial charge on any atom is 0.189 e. The van der Waals surface area contributed by atoms with E-state index in [2.05, 4.69) is 16.8 Å². The molecule has 1 aromatic heterocycles. The molecule has 0 fully saturated rings. The monoisotopic (exact) mass is 271 g/mol. The minimum atomic E-state index is -0.00969. The Kier molecular flexibility index (Phi) is 4.43. The van der Waals surface area contributed by atoms with Crippen molar-refractivity contribution in [2.45, 2.75) is 13.3 Å². The van der Waals surface area contributed by atoms with Crippen molar-refractivity contribution in [2.24, 2.45) is 0 Å². The van der Waals surface area contributed by atoms with Crippen LogP contribution < -0.4 is 5.43 Å². The molecule has 0 saturated carbocycles. The van der Waals surface area contributed by atoms with Gasteiger partial charge in [-0.05, 0) is 18.2 Å². The summed E-state index contributed by atoms with van der Waals surface area (Å²) in [5.41, 5.74) is 1.62. The van der Waals surface area contributed by atoms with Crippen LogP contribution in [0.5, 0.6) is 0 Å². The highest BCUT2D eigenvalue weighted by molar-refractivity contribution is 8.13. The molecule has 2 rings (SSSR count). The van der Waals surface area contributed by atoms with Crippen LogP contribution in [0, 0.1) is 11.8 Å². The Labute approximate surface area is 115 Å². The average molecular weight is 271 g/mol. The lowest BCUT2D eigenvalue weighted by Crippen LogP contribution is -1.99. The second-order valence-corrected chi connectivity index (χ2v) is 5.27. The molecule has 0 aliphatic carbocycles. The highest BCUT2D eigenvalue weighted by Crippen LogP contribution is 2.09. The van der Waals surface area contributed by atoms with Crippen molar-refractivity contribution in [3.8, 4) is 11.8 Å². The van der Waals surface area contributed by atoms with Crippen LogP contribution in [0.4, 0.5) is 0 Å². The lowest BCUT2D eigenvalue weighted by atomic mass is 10.1. The standard InChI is InChI=1S/C15H13NO2S/c1-11(17)19-9-3-2-4-12-5-6-14-13(10-12)15(18)7-8-16-14/h5-8,10H,3,9H2,1H3,(H,16,18). The second kappa shape index (κ2) is 6.26. The van der Waals surface area contributed by atoms with Crippen molar-refractivity contribution < 1.29 is 4.79 Å². The molecule has 0 amide bonds. The predicted octanol–water partition coefficient (Wildman–Crippen LogP) is 2.55. The van der Waals surface area contributed by atoms with Crippen LogP contribution in [-0.2, 0) is 4.79 Å². The van der Waals surface area contributed by atoms with Gasteiger partial charge in [-0.25, -0.2) is 0 Å². The Morgan fingerprint density at radius 3 is 3.00 bits per heavy atom. The predicted molar refractivity (Wildman–Crippen MR) is 79.2 cm³/mol. The number of fused-ring (bicyclic) bond motifs is 1. The summed E-state index contributed by atoms with van der Waals surface area (Å²) in [4.78, 5) is 25.4. The lowest BCUT2D eigenvalue weighted by Gasteiger charge is -1.97.